The van der Waals surface area contributed by atoms with Crippen LogP contribution in [0.4, 0.5) is 0 Å². The molecule has 0 spiro atoms. The van der Waals surface area contributed by atoms with Crippen LogP contribution in [0.5, 0.6) is 0 Å². The lowest BCUT2D eigenvalue weighted by Gasteiger charge is -2.20. The summed E-state index contributed by atoms with van der Waals surface area (Å²) in [6, 6.07) is 0. The normalized spacial score (nSPS) is 20.5. The first-order valence-electron chi connectivity index (χ1n) is 3.97. The highest BCUT2D eigenvalue weighted by molar-refractivity contribution is 5.05. The summed E-state index contributed by atoms with van der Waals surface area (Å²) in [6.45, 7) is 0.648. The highest BCUT2D eigenvalue weighted by Crippen LogP contribution is 2.27. The molecule has 56 valence electrons. The van der Waals surface area contributed by atoms with Gasteiger partial charge in [-0.15, -0.1) is 0 Å². The van der Waals surface area contributed by atoms with Gasteiger partial charge in [-0.1, -0.05) is 30.7 Å². The van der Waals surface area contributed by atoms with Gasteiger partial charge in [0.2, 0.25) is 0 Å². The minimum atomic E-state index is 0.648. The Labute approximate surface area is 62.6 Å². The van der Waals surface area contributed by atoms with Gasteiger partial charge in [-0.25, -0.2) is 0 Å². The molecule has 0 aromatic rings. The van der Waals surface area contributed by atoms with Crippen molar-refractivity contribution in [3.8, 4) is 0 Å². The Morgan fingerprint density at radius 1 is 1.30 bits per heavy atom. The molecule has 1 fully saturated rings. The Kier molecular flexibility index (Phi) is 3.23. The van der Waals surface area contributed by atoms with E-state index in [-0.39, 0.29) is 0 Å². The van der Waals surface area contributed by atoms with Crippen molar-refractivity contribution >= 4 is 0 Å². The van der Waals surface area contributed by atoms with E-state index in [2.05, 4.69) is 12.2 Å². The van der Waals surface area contributed by atoms with Gasteiger partial charge in [0.15, 0.2) is 0 Å². The maximum Gasteiger partial charge on any atom is 0.0109 e. The second-order valence-electron chi connectivity index (χ2n) is 2.74. The van der Waals surface area contributed by atoms with E-state index in [1.165, 1.54) is 19.3 Å². The summed E-state index contributed by atoms with van der Waals surface area (Å²) in [7, 11) is 0. The third-order valence-corrected chi connectivity index (χ3v) is 1.92. The lowest BCUT2D eigenvalue weighted by atomic mass is 9.85. The highest BCUT2D eigenvalue weighted by atomic mass is 14.5. The third-order valence-electron chi connectivity index (χ3n) is 1.92. The van der Waals surface area contributed by atoms with Crippen LogP contribution in [0, 0.1) is 5.92 Å². The standard InChI is InChI=1S/C9H15N/c10-8-3-1-2-5-9-6-4-7-9/h1-3,5,9H,4,6-8,10H2/b3-1+,5-2-. The fraction of sp³-hybridized carbons (Fsp3) is 0.556. The van der Waals surface area contributed by atoms with Gasteiger partial charge in [-0.05, 0) is 18.8 Å². The minimum Gasteiger partial charge on any atom is -0.327 e. The molecule has 2 N–H and O–H groups in total. The first-order chi connectivity index (χ1) is 4.93. The van der Waals surface area contributed by atoms with Crippen molar-refractivity contribution < 1.29 is 0 Å². The zero-order chi connectivity index (χ0) is 7.23. The molecule has 0 unspecified atom stereocenters. The summed E-state index contributed by atoms with van der Waals surface area (Å²) < 4.78 is 0. The smallest absolute Gasteiger partial charge is 0.0109 e. The number of allylic oxidation sites excluding steroid dienone is 3. The van der Waals surface area contributed by atoms with Crippen molar-refractivity contribution in [1.82, 2.24) is 0 Å². The molecule has 1 aliphatic carbocycles. The third kappa shape index (κ3) is 2.36. The van der Waals surface area contributed by atoms with Crippen molar-refractivity contribution in [3.05, 3.63) is 24.3 Å². The lowest BCUT2D eigenvalue weighted by Crippen LogP contribution is -2.06. The molecule has 1 heteroatoms. The Balaban J connectivity index is 2.09. The fourth-order valence-electron chi connectivity index (χ4n) is 1.01. The number of rotatable bonds is 3. The molecule has 1 nitrogen and oxygen atoms in total. The van der Waals surface area contributed by atoms with Crippen LogP contribution in [-0.2, 0) is 0 Å². The molecule has 0 amide bonds. The van der Waals surface area contributed by atoms with Crippen LogP contribution < -0.4 is 5.73 Å². The van der Waals surface area contributed by atoms with Crippen LogP contribution in [0.3, 0.4) is 0 Å². The van der Waals surface area contributed by atoms with Gasteiger partial charge in [-0.3, -0.25) is 0 Å². The van der Waals surface area contributed by atoms with Crippen molar-refractivity contribution in [1.29, 1.82) is 0 Å². The molecular formula is C9H15N. The van der Waals surface area contributed by atoms with E-state index in [1.807, 2.05) is 12.2 Å². The van der Waals surface area contributed by atoms with Gasteiger partial charge in [0, 0.05) is 6.54 Å². The average molecular weight is 137 g/mol. The van der Waals surface area contributed by atoms with Gasteiger partial charge in [0.05, 0.1) is 0 Å². The Morgan fingerprint density at radius 3 is 2.60 bits per heavy atom. The monoisotopic (exact) mass is 137 g/mol. The van der Waals surface area contributed by atoms with E-state index in [4.69, 9.17) is 5.73 Å². The fourth-order valence-corrected chi connectivity index (χ4v) is 1.01. The molecule has 0 atom stereocenters. The molecular weight excluding hydrogens is 122 g/mol. The summed E-state index contributed by atoms with van der Waals surface area (Å²) in [5.41, 5.74) is 5.27. The summed E-state index contributed by atoms with van der Waals surface area (Å²) in [5, 5.41) is 0. The predicted molar refractivity (Wildman–Crippen MR) is 44.7 cm³/mol. The van der Waals surface area contributed by atoms with E-state index >= 15 is 0 Å². The second kappa shape index (κ2) is 4.29. The van der Waals surface area contributed by atoms with Gasteiger partial charge >= 0.3 is 0 Å². The van der Waals surface area contributed by atoms with Crippen molar-refractivity contribution in [2.45, 2.75) is 19.3 Å². The quantitative estimate of drug-likeness (QED) is 0.590. The topological polar surface area (TPSA) is 26.0 Å². The summed E-state index contributed by atoms with van der Waals surface area (Å²) >= 11 is 0. The minimum absolute atomic E-state index is 0.648. The predicted octanol–water partition coefficient (Wildman–Crippen LogP) is 1.86. The van der Waals surface area contributed by atoms with Crippen molar-refractivity contribution in [2.24, 2.45) is 11.7 Å². The molecule has 0 aromatic carbocycles. The first kappa shape index (κ1) is 7.55. The molecule has 0 heterocycles. The summed E-state index contributed by atoms with van der Waals surface area (Å²) in [4.78, 5) is 0. The van der Waals surface area contributed by atoms with E-state index in [9.17, 15) is 0 Å². The van der Waals surface area contributed by atoms with Gasteiger partial charge in [0.1, 0.15) is 0 Å². The first-order valence-corrected chi connectivity index (χ1v) is 3.97. The van der Waals surface area contributed by atoms with Gasteiger partial charge < -0.3 is 5.73 Å². The maximum absolute atomic E-state index is 5.27. The molecule has 10 heavy (non-hydrogen) atoms. The van der Waals surface area contributed by atoms with E-state index in [0.717, 1.165) is 5.92 Å². The van der Waals surface area contributed by atoms with E-state index < -0.39 is 0 Å². The molecule has 0 saturated heterocycles. The SMILES string of the molecule is NC/C=C/C=C\C1CCC1. The van der Waals surface area contributed by atoms with Crippen LogP contribution in [-0.4, -0.2) is 6.54 Å². The molecule has 1 saturated carbocycles. The molecule has 0 radical (unpaired) electrons. The van der Waals surface area contributed by atoms with Crippen molar-refractivity contribution in [2.75, 3.05) is 6.54 Å². The number of hydrogen-bond acceptors (Lipinski definition) is 1. The van der Waals surface area contributed by atoms with Crippen LogP contribution in [0.15, 0.2) is 24.3 Å². The second-order valence-corrected chi connectivity index (χ2v) is 2.74. The summed E-state index contributed by atoms with van der Waals surface area (Å²) in [6.07, 6.45) is 12.6. The van der Waals surface area contributed by atoms with E-state index in [0.29, 0.717) is 6.54 Å². The molecule has 1 aliphatic rings. The van der Waals surface area contributed by atoms with Crippen molar-refractivity contribution in [3.63, 3.8) is 0 Å². The molecule has 0 aromatic heterocycles. The van der Waals surface area contributed by atoms with Gasteiger partial charge in [0.25, 0.3) is 0 Å². The number of nitrogens with two attached hydrogens (primary N) is 1. The van der Waals surface area contributed by atoms with Crippen LogP contribution in [0.2, 0.25) is 0 Å². The number of hydrogen-bond donors (Lipinski definition) is 1. The van der Waals surface area contributed by atoms with Crippen LogP contribution in [0.1, 0.15) is 19.3 Å². The van der Waals surface area contributed by atoms with E-state index in [1.54, 1.807) is 0 Å². The van der Waals surface area contributed by atoms with Gasteiger partial charge in [-0.2, -0.15) is 0 Å². The lowest BCUT2D eigenvalue weighted by molar-refractivity contribution is 0.388. The average Bonchev–Trinajstić information content (AvgIpc) is 1.84. The van der Waals surface area contributed by atoms with Crippen LogP contribution >= 0.6 is 0 Å². The summed E-state index contributed by atoms with van der Waals surface area (Å²) in [5.74, 6) is 0.863. The Hall–Kier alpha value is -0.560. The molecule has 0 bridgehead atoms. The zero-order valence-corrected chi connectivity index (χ0v) is 6.29. The Bertz CT molecular complexity index is 132. The largest absolute Gasteiger partial charge is 0.327 e. The Morgan fingerprint density at radius 2 is 2.10 bits per heavy atom. The zero-order valence-electron chi connectivity index (χ0n) is 6.29. The molecule has 1 rings (SSSR count). The molecule has 0 aliphatic heterocycles. The van der Waals surface area contributed by atoms with Crippen LogP contribution in [0.25, 0.3) is 0 Å². The maximum atomic E-state index is 5.27. The highest BCUT2D eigenvalue weighted by Gasteiger charge is 2.12.